The summed E-state index contributed by atoms with van der Waals surface area (Å²) in [6.07, 6.45) is 1.84. The van der Waals surface area contributed by atoms with Crippen LogP contribution in [0.25, 0.3) is 10.9 Å². The van der Waals surface area contributed by atoms with E-state index < -0.39 is 0 Å². The van der Waals surface area contributed by atoms with Crippen LogP contribution < -0.4 is 10.2 Å². The second kappa shape index (κ2) is 8.98. The van der Waals surface area contributed by atoms with Crippen LogP contribution in [0.5, 0.6) is 0 Å². The zero-order chi connectivity index (χ0) is 22.0. The molecule has 0 unspecified atom stereocenters. The van der Waals surface area contributed by atoms with E-state index in [9.17, 15) is 4.79 Å². The predicted molar refractivity (Wildman–Crippen MR) is 128 cm³/mol. The Kier molecular flexibility index (Phi) is 6.14. The molecule has 0 spiro atoms. The highest BCUT2D eigenvalue weighted by molar-refractivity contribution is 6.08. The summed E-state index contributed by atoms with van der Waals surface area (Å²) in [6.45, 7) is 14.2. The second-order valence-electron chi connectivity index (χ2n) is 8.40. The van der Waals surface area contributed by atoms with E-state index in [1.54, 1.807) is 0 Å². The minimum atomic E-state index is -0.0965. The summed E-state index contributed by atoms with van der Waals surface area (Å²) in [5.74, 6) is 0.342. The summed E-state index contributed by atoms with van der Waals surface area (Å²) in [4.78, 5) is 15.6. The molecule has 5 nitrogen and oxygen atoms in total. The molecule has 2 heterocycles. The summed E-state index contributed by atoms with van der Waals surface area (Å²) in [7, 11) is 0. The molecule has 1 fully saturated rings. The first-order valence-corrected chi connectivity index (χ1v) is 11.0. The molecule has 1 saturated heterocycles. The Hall–Kier alpha value is -3.05. The van der Waals surface area contributed by atoms with Gasteiger partial charge in [-0.25, -0.2) is 0 Å². The fourth-order valence-electron chi connectivity index (χ4n) is 4.28. The van der Waals surface area contributed by atoms with Crippen LogP contribution in [0.3, 0.4) is 0 Å². The molecule has 0 aliphatic carbocycles. The van der Waals surface area contributed by atoms with Crippen LogP contribution >= 0.6 is 0 Å². The monoisotopic (exact) mass is 417 g/mol. The predicted octanol–water partition coefficient (Wildman–Crippen LogP) is 5.35. The number of nitrogens with zero attached hydrogens (tertiary/aromatic N) is 2. The number of amides is 1. The van der Waals surface area contributed by atoms with Crippen LogP contribution in [-0.4, -0.2) is 36.8 Å². The molecule has 1 aliphatic heterocycles. The zero-order valence-corrected chi connectivity index (χ0v) is 18.6. The Balaban J connectivity index is 1.62. The molecule has 0 saturated carbocycles. The number of ether oxygens (including phenoxy) is 1. The van der Waals surface area contributed by atoms with E-state index in [1.807, 2.05) is 25.1 Å². The number of hydrogen-bond donors (Lipinski definition) is 1. The van der Waals surface area contributed by atoms with Crippen molar-refractivity contribution in [3.05, 3.63) is 71.9 Å². The van der Waals surface area contributed by atoms with Crippen molar-refractivity contribution in [2.24, 2.45) is 0 Å². The number of fused-ring (bicyclic) bond motifs is 1. The van der Waals surface area contributed by atoms with Gasteiger partial charge < -0.3 is 19.5 Å². The van der Waals surface area contributed by atoms with Gasteiger partial charge in [-0.1, -0.05) is 26.0 Å². The van der Waals surface area contributed by atoms with E-state index >= 15 is 0 Å². The minimum absolute atomic E-state index is 0.0965. The van der Waals surface area contributed by atoms with Gasteiger partial charge in [-0.2, -0.15) is 0 Å². The number of carbonyl (C=O) groups excluding carboxylic acids is 1. The van der Waals surface area contributed by atoms with Crippen LogP contribution in [0, 0.1) is 6.92 Å². The van der Waals surface area contributed by atoms with Gasteiger partial charge in [-0.05, 0) is 60.4 Å². The number of aromatic nitrogens is 1. The van der Waals surface area contributed by atoms with Crippen molar-refractivity contribution in [2.45, 2.75) is 33.2 Å². The molecule has 1 aliphatic rings. The standard InChI is InChI=1S/C26H31N3O2/c1-5-12-29-24-11-6-20(18(2)3)17-23(24)19(4)25(29)26(30)27-21-7-9-22(10-8-21)28-13-15-31-16-14-28/h5-11,17-18H,1,12-16H2,2-4H3,(H,27,30). The molecule has 0 atom stereocenters. The Morgan fingerprint density at radius 1 is 1.16 bits per heavy atom. The number of carbonyl (C=O) groups is 1. The summed E-state index contributed by atoms with van der Waals surface area (Å²) in [5, 5.41) is 4.21. The lowest BCUT2D eigenvalue weighted by Gasteiger charge is -2.28. The first kappa shape index (κ1) is 21.2. The van der Waals surface area contributed by atoms with Gasteiger partial charge in [0, 0.05) is 41.9 Å². The van der Waals surface area contributed by atoms with E-state index in [1.165, 1.54) is 5.56 Å². The maximum absolute atomic E-state index is 13.3. The highest BCUT2D eigenvalue weighted by atomic mass is 16.5. The highest BCUT2D eigenvalue weighted by Crippen LogP contribution is 2.30. The Labute approximate surface area is 184 Å². The molecule has 0 radical (unpaired) electrons. The molecule has 4 rings (SSSR count). The number of anilines is 2. The van der Waals surface area contributed by atoms with Gasteiger partial charge in [0.1, 0.15) is 5.69 Å². The van der Waals surface area contributed by atoms with E-state index in [2.05, 4.69) is 65.5 Å². The number of hydrogen-bond acceptors (Lipinski definition) is 3. The largest absolute Gasteiger partial charge is 0.378 e. The molecule has 1 N–H and O–H groups in total. The van der Waals surface area contributed by atoms with Crippen LogP contribution in [-0.2, 0) is 11.3 Å². The highest BCUT2D eigenvalue weighted by Gasteiger charge is 2.21. The molecular formula is C26H31N3O2. The van der Waals surface area contributed by atoms with Gasteiger partial charge in [0.15, 0.2) is 0 Å². The lowest BCUT2D eigenvalue weighted by molar-refractivity contribution is 0.101. The van der Waals surface area contributed by atoms with Crippen LogP contribution in [0.1, 0.15) is 41.4 Å². The second-order valence-corrected chi connectivity index (χ2v) is 8.40. The first-order valence-electron chi connectivity index (χ1n) is 11.0. The lowest BCUT2D eigenvalue weighted by Crippen LogP contribution is -2.36. The Bertz CT molecular complexity index is 1090. The maximum atomic E-state index is 13.3. The van der Waals surface area contributed by atoms with Crippen LogP contribution in [0.15, 0.2) is 55.1 Å². The van der Waals surface area contributed by atoms with Gasteiger partial charge in [0.25, 0.3) is 5.91 Å². The van der Waals surface area contributed by atoms with Crippen molar-refractivity contribution in [3.63, 3.8) is 0 Å². The van der Waals surface area contributed by atoms with Gasteiger partial charge in [-0.3, -0.25) is 4.79 Å². The fourth-order valence-corrected chi connectivity index (χ4v) is 4.28. The van der Waals surface area contributed by atoms with Gasteiger partial charge in [0.2, 0.25) is 0 Å². The minimum Gasteiger partial charge on any atom is -0.378 e. The van der Waals surface area contributed by atoms with E-state index in [0.717, 1.165) is 54.1 Å². The van der Waals surface area contributed by atoms with Crippen molar-refractivity contribution in [1.29, 1.82) is 0 Å². The van der Waals surface area contributed by atoms with Crippen LogP contribution in [0.2, 0.25) is 0 Å². The quantitative estimate of drug-likeness (QED) is 0.550. The third kappa shape index (κ3) is 4.23. The van der Waals surface area contributed by atoms with Crippen molar-refractivity contribution in [2.75, 3.05) is 36.5 Å². The van der Waals surface area contributed by atoms with Crippen molar-refractivity contribution in [1.82, 2.24) is 4.57 Å². The number of rotatable bonds is 6. The zero-order valence-electron chi connectivity index (χ0n) is 18.6. The SMILES string of the molecule is C=CCn1c(C(=O)Nc2ccc(N3CCOCC3)cc2)c(C)c2cc(C(C)C)ccc21. The molecule has 0 bridgehead atoms. The lowest BCUT2D eigenvalue weighted by atomic mass is 10.0. The molecule has 31 heavy (non-hydrogen) atoms. The first-order chi connectivity index (χ1) is 15.0. The van der Waals surface area contributed by atoms with Crippen molar-refractivity contribution >= 4 is 28.2 Å². The van der Waals surface area contributed by atoms with E-state index in [-0.39, 0.29) is 5.91 Å². The van der Waals surface area contributed by atoms with E-state index in [4.69, 9.17) is 4.74 Å². The summed E-state index contributed by atoms with van der Waals surface area (Å²) < 4.78 is 7.48. The summed E-state index contributed by atoms with van der Waals surface area (Å²) in [6, 6.07) is 14.5. The van der Waals surface area contributed by atoms with Gasteiger partial charge in [0.05, 0.1) is 13.2 Å². The third-order valence-corrected chi connectivity index (χ3v) is 6.04. The van der Waals surface area contributed by atoms with Crippen molar-refractivity contribution < 1.29 is 9.53 Å². The number of allylic oxidation sites excluding steroid dienone is 1. The molecule has 5 heteroatoms. The third-order valence-electron chi connectivity index (χ3n) is 6.04. The fraction of sp³-hybridized carbons (Fsp3) is 0.346. The molecule has 3 aromatic rings. The van der Waals surface area contributed by atoms with E-state index in [0.29, 0.717) is 18.2 Å². The van der Waals surface area contributed by atoms with Crippen molar-refractivity contribution in [3.8, 4) is 0 Å². The molecule has 162 valence electrons. The van der Waals surface area contributed by atoms with Gasteiger partial charge >= 0.3 is 0 Å². The normalized spacial score (nSPS) is 14.3. The van der Waals surface area contributed by atoms with Crippen LogP contribution in [0.4, 0.5) is 11.4 Å². The smallest absolute Gasteiger partial charge is 0.272 e. The molecular weight excluding hydrogens is 386 g/mol. The topological polar surface area (TPSA) is 46.5 Å². The number of morpholine rings is 1. The average molecular weight is 418 g/mol. The summed E-state index contributed by atoms with van der Waals surface area (Å²) in [5.41, 5.74) is 5.97. The number of benzene rings is 2. The number of aryl methyl sites for hydroxylation is 1. The molecule has 1 aromatic heterocycles. The molecule has 2 aromatic carbocycles. The summed E-state index contributed by atoms with van der Waals surface area (Å²) >= 11 is 0. The Morgan fingerprint density at radius 2 is 1.87 bits per heavy atom. The maximum Gasteiger partial charge on any atom is 0.272 e. The molecule has 1 amide bonds. The van der Waals surface area contributed by atoms with Gasteiger partial charge in [-0.15, -0.1) is 6.58 Å². The number of nitrogens with one attached hydrogen (secondary N) is 1. The average Bonchev–Trinajstić information content (AvgIpc) is 3.06. The Morgan fingerprint density at radius 3 is 2.52 bits per heavy atom.